The normalized spacial score (nSPS) is 19.3. The number of nitrogens with one attached hydrogen (secondary N) is 1. The van der Waals surface area contributed by atoms with Crippen LogP contribution in [0.2, 0.25) is 0 Å². The first kappa shape index (κ1) is 13.4. The van der Waals surface area contributed by atoms with Gasteiger partial charge >= 0.3 is 0 Å². The zero-order chi connectivity index (χ0) is 12.8. The molecule has 3 nitrogen and oxygen atoms in total. The molecule has 0 saturated carbocycles. The third-order valence-electron chi connectivity index (χ3n) is 3.63. The zero-order valence-electron chi connectivity index (χ0n) is 11.1. The monoisotopic (exact) mass is 249 g/mol. The third kappa shape index (κ3) is 3.47. The van der Waals surface area contributed by atoms with E-state index in [0.29, 0.717) is 5.92 Å². The van der Waals surface area contributed by atoms with E-state index >= 15 is 0 Å². The van der Waals surface area contributed by atoms with Gasteiger partial charge < -0.3 is 15.2 Å². The van der Waals surface area contributed by atoms with Crippen molar-refractivity contribution >= 4 is 0 Å². The molecule has 2 atom stereocenters. The van der Waals surface area contributed by atoms with Crippen molar-refractivity contribution in [1.82, 2.24) is 5.32 Å². The Kier molecular flexibility index (Phi) is 5.02. The average Bonchev–Trinajstić information content (AvgIpc) is 2.80. The zero-order valence-corrected chi connectivity index (χ0v) is 11.1. The molecule has 2 rings (SSSR count). The lowest BCUT2D eigenvalue weighted by molar-refractivity contribution is 0.217. The molecule has 0 amide bonds. The van der Waals surface area contributed by atoms with Crippen molar-refractivity contribution in [3.63, 3.8) is 0 Å². The molecule has 3 heteroatoms. The van der Waals surface area contributed by atoms with Crippen molar-refractivity contribution in [2.75, 3.05) is 19.7 Å². The van der Waals surface area contributed by atoms with E-state index in [-0.39, 0.29) is 12.7 Å². The maximum atomic E-state index is 8.94. The van der Waals surface area contributed by atoms with E-state index < -0.39 is 0 Å². The van der Waals surface area contributed by atoms with Crippen LogP contribution in [0.1, 0.15) is 25.3 Å². The molecule has 18 heavy (non-hydrogen) atoms. The molecule has 0 radical (unpaired) electrons. The number of rotatable bonds is 7. The number of benzene rings is 1. The first-order valence-electron chi connectivity index (χ1n) is 6.89. The second-order valence-electron chi connectivity index (χ2n) is 5.00. The second kappa shape index (κ2) is 6.76. The number of fused-ring (bicyclic) bond motifs is 1. The Balaban J connectivity index is 1.70. The fourth-order valence-corrected chi connectivity index (χ4v) is 2.45. The van der Waals surface area contributed by atoms with Crippen LogP contribution in [0.3, 0.4) is 0 Å². The van der Waals surface area contributed by atoms with E-state index in [1.54, 1.807) is 0 Å². The summed E-state index contributed by atoms with van der Waals surface area (Å²) in [5, 5.41) is 12.4. The van der Waals surface area contributed by atoms with Gasteiger partial charge in [-0.15, -0.1) is 0 Å². The highest BCUT2D eigenvalue weighted by Crippen LogP contribution is 2.27. The van der Waals surface area contributed by atoms with E-state index in [1.807, 2.05) is 12.1 Å². The molecule has 1 aromatic carbocycles. The van der Waals surface area contributed by atoms with Gasteiger partial charge in [-0.05, 0) is 30.5 Å². The maximum Gasteiger partial charge on any atom is 0.123 e. The summed E-state index contributed by atoms with van der Waals surface area (Å²) in [5.41, 5.74) is 1.31. The maximum absolute atomic E-state index is 8.94. The number of hydrogen-bond acceptors (Lipinski definition) is 3. The van der Waals surface area contributed by atoms with Gasteiger partial charge in [0.2, 0.25) is 0 Å². The predicted molar refractivity (Wildman–Crippen MR) is 72.9 cm³/mol. The Bertz CT molecular complexity index is 342. The molecule has 1 aromatic rings. The van der Waals surface area contributed by atoms with Gasteiger partial charge in [0.1, 0.15) is 11.9 Å². The molecule has 0 bridgehead atoms. The molecule has 0 aromatic heterocycles. The molecule has 2 N–H and O–H groups in total. The Hall–Kier alpha value is -1.06. The van der Waals surface area contributed by atoms with Gasteiger partial charge in [0.25, 0.3) is 0 Å². The van der Waals surface area contributed by atoms with Gasteiger partial charge in [-0.1, -0.05) is 31.5 Å². The SMILES string of the molecule is CCC(CCO)CNCC1Cc2ccccc2O1. The molecular weight excluding hydrogens is 226 g/mol. The number of aliphatic hydroxyl groups is 1. The van der Waals surface area contributed by atoms with Gasteiger partial charge in [0.15, 0.2) is 0 Å². The number of hydrogen-bond donors (Lipinski definition) is 2. The summed E-state index contributed by atoms with van der Waals surface area (Å²) in [6, 6.07) is 8.25. The summed E-state index contributed by atoms with van der Waals surface area (Å²) >= 11 is 0. The smallest absolute Gasteiger partial charge is 0.123 e. The summed E-state index contributed by atoms with van der Waals surface area (Å²) in [6.07, 6.45) is 3.25. The lowest BCUT2D eigenvalue weighted by Crippen LogP contribution is -2.33. The highest BCUT2D eigenvalue weighted by Gasteiger charge is 2.21. The van der Waals surface area contributed by atoms with Crippen LogP contribution in [0.15, 0.2) is 24.3 Å². The second-order valence-corrected chi connectivity index (χ2v) is 5.00. The number of aliphatic hydroxyl groups excluding tert-OH is 1. The highest BCUT2D eigenvalue weighted by atomic mass is 16.5. The fraction of sp³-hybridized carbons (Fsp3) is 0.600. The van der Waals surface area contributed by atoms with E-state index in [9.17, 15) is 0 Å². The van der Waals surface area contributed by atoms with E-state index in [0.717, 1.165) is 38.1 Å². The quantitative estimate of drug-likeness (QED) is 0.776. The van der Waals surface area contributed by atoms with Crippen LogP contribution >= 0.6 is 0 Å². The molecule has 2 unspecified atom stereocenters. The highest BCUT2D eigenvalue weighted by molar-refractivity contribution is 5.37. The predicted octanol–water partition coefficient (Wildman–Crippen LogP) is 1.99. The summed E-state index contributed by atoms with van der Waals surface area (Å²) in [7, 11) is 0. The van der Waals surface area contributed by atoms with Gasteiger partial charge in [0.05, 0.1) is 0 Å². The molecule has 0 aliphatic carbocycles. The van der Waals surface area contributed by atoms with Crippen molar-refractivity contribution in [2.24, 2.45) is 5.92 Å². The Morgan fingerprint density at radius 2 is 2.28 bits per heavy atom. The van der Waals surface area contributed by atoms with Crippen LogP contribution in [-0.4, -0.2) is 30.9 Å². The lowest BCUT2D eigenvalue weighted by atomic mass is 10.0. The van der Waals surface area contributed by atoms with Crippen molar-refractivity contribution in [2.45, 2.75) is 32.3 Å². The van der Waals surface area contributed by atoms with E-state index in [2.05, 4.69) is 24.4 Å². The van der Waals surface area contributed by atoms with E-state index in [1.165, 1.54) is 5.56 Å². The third-order valence-corrected chi connectivity index (χ3v) is 3.63. The van der Waals surface area contributed by atoms with Crippen LogP contribution in [0.4, 0.5) is 0 Å². The van der Waals surface area contributed by atoms with Crippen LogP contribution in [0.25, 0.3) is 0 Å². The van der Waals surface area contributed by atoms with Crippen LogP contribution in [-0.2, 0) is 6.42 Å². The molecule has 1 aliphatic rings. The van der Waals surface area contributed by atoms with Gasteiger partial charge in [-0.2, -0.15) is 0 Å². The van der Waals surface area contributed by atoms with Crippen molar-refractivity contribution in [3.05, 3.63) is 29.8 Å². The summed E-state index contributed by atoms with van der Waals surface area (Å²) in [5.74, 6) is 1.60. The van der Waals surface area contributed by atoms with Gasteiger partial charge in [-0.3, -0.25) is 0 Å². The minimum atomic E-state index is 0.258. The Morgan fingerprint density at radius 1 is 1.44 bits per heavy atom. The Labute approximate surface area is 109 Å². The van der Waals surface area contributed by atoms with Crippen molar-refractivity contribution in [3.8, 4) is 5.75 Å². The van der Waals surface area contributed by atoms with Crippen molar-refractivity contribution < 1.29 is 9.84 Å². The average molecular weight is 249 g/mol. The minimum Gasteiger partial charge on any atom is -0.488 e. The molecule has 100 valence electrons. The lowest BCUT2D eigenvalue weighted by Gasteiger charge is -2.16. The number of ether oxygens (including phenoxy) is 1. The topological polar surface area (TPSA) is 41.5 Å². The molecular formula is C15H23NO2. The molecule has 0 fully saturated rings. The van der Waals surface area contributed by atoms with E-state index in [4.69, 9.17) is 9.84 Å². The molecule has 0 spiro atoms. The first-order valence-corrected chi connectivity index (χ1v) is 6.89. The molecule has 1 aliphatic heterocycles. The summed E-state index contributed by atoms with van der Waals surface area (Å²) in [4.78, 5) is 0. The molecule has 0 saturated heterocycles. The van der Waals surface area contributed by atoms with Crippen molar-refractivity contribution in [1.29, 1.82) is 0 Å². The summed E-state index contributed by atoms with van der Waals surface area (Å²) in [6.45, 7) is 4.30. The molecule has 1 heterocycles. The van der Waals surface area contributed by atoms with Gasteiger partial charge in [-0.25, -0.2) is 0 Å². The Morgan fingerprint density at radius 3 is 3.00 bits per heavy atom. The van der Waals surface area contributed by atoms with Crippen LogP contribution in [0.5, 0.6) is 5.75 Å². The number of para-hydroxylation sites is 1. The van der Waals surface area contributed by atoms with Gasteiger partial charge in [0, 0.05) is 19.6 Å². The minimum absolute atomic E-state index is 0.258. The summed E-state index contributed by atoms with van der Waals surface area (Å²) < 4.78 is 5.87. The first-order chi connectivity index (χ1) is 8.83. The fourth-order valence-electron chi connectivity index (χ4n) is 2.45. The largest absolute Gasteiger partial charge is 0.488 e. The van der Waals surface area contributed by atoms with Crippen LogP contribution in [0, 0.1) is 5.92 Å². The van der Waals surface area contributed by atoms with Crippen LogP contribution < -0.4 is 10.1 Å². The standard InChI is InChI=1S/C15H23NO2/c1-2-12(7-8-17)10-16-11-14-9-13-5-3-4-6-15(13)18-14/h3-6,12,14,16-17H,2,7-11H2,1H3.